The number of anilines is 1. The van der Waals surface area contributed by atoms with Gasteiger partial charge < -0.3 is 9.84 Å². The van der Waals surface area contributed by atoms with Gasteiger partial charge in [0.25, 0.3) is 0 Å². The van der Waals surface area contributed by atoms with Gasteiger partial charge in [0.2, 0.25) is 0 Å². The van der Waals surface area contributed by atoms with Crippen molar-refractivity contribution in [3.05, 3.63) is 24.3 Å². The van der Waals surface area contributed by atoms with Crippen molar-refractivity contribution >= 4 is 21.7 Å². The molecule has 1 aromatic carbocycles. The van der Waals surface area contributed by atoms with Crippen LogP contribution in [-0.4, -0.2) is 31.6 Å². The van der Waals surface area contributed by atoms with E-state index < -0.39 is 28.1 Å². The first-order valence-corrected chi connectivity index (χ1v) is 6.14. The summed E-state index contributed by atoms with van der Waals surface area (Å²) in [6, 6.07) is 4.30. The molecule has 0 fully saturated rings. The van der Waals surface area contributed by atoms with Crippen LogP contribution in [0.4, 0.5) is 18.9 Å². The molecular weight excluding hydrogens is 291 g/mol. The lowest BCUT2D eigenvalue weighted by molar-refractivity contribution is -0.139. The van der Waals surface area contributed by atoms with E-state index >= 15 is 0 Å². The van der Waals surface area contributed by atoms with Gasteiger partial charge in [0, 0.05) is 5.69 Å². The van der Waals surface area contributed by atoms with Crippen molar-refractivity contribution in [3.63, 3.8) is 0 Å². The van der Waals surface area contributed by atoms with E-state index in [4.69, 9.17) is 9.84 Å². The fourth-order valence-electron chi connectivity index (χ4n) is 0.977. The number of alkyl halides is 3. The van der Waals surface area contributed by atoms with E-state index in [1.807, 2.05) is 0 Å². The summed E-state index contributed by atoms with van der Waals surface area (Å²) in [7, 11) is -5.47. The Labute approximate surface area is 105 Å². The van der Waals surface area contributed by atoms with Gasteiger partial charge >= 0.3 is 21.5 Å². The molecule has 0 spiro atoms. The molecule has 0 heterocycles. The summed E-state index contributed by atoms with van der Waals surface area (Å²) in [5, 5.41) is 8.33. The van der Waals surface area contributed by atoms with Crippen LogP contribution >= 0.6 is 0 Å². The van der Waals surface area contributed by atoms with Gasteiger partial charge in [-0.05, 0) is 24.3 Å². The van der Waals surface area contributed by atoms with Gasteiger partial charge in [-0.25, -0.2) is 4.79 Å². The average Bonchev–Trinajstić information content (AvgIpc) is 2.26. The molecule has 1 rings (SSSR count). The summed E-state index contributed by atoms with van der Waals surface area (Å²) in [5.74, 6) is -1.14. The number of aliphatic carboxylic acids is 1. The molecule has 0 bridgehead atoms. The molecule has 0 aliphatic heterocycles. The lowest BCUT2D eigenvalue weighted by Crippen LogP contribution is -2.29. The minimum absolute atomic E-state index is 0.0809. The van der Waals surface area contributed by atoms with E-state index in [1.165, 1.54) is 4.72 Å². The van der Waals surface area contributed by atoms with E-state index in [9.17, 15) is 26.4 Å². The Kier molecular flexibility index (Phi) is 4.24. The predicted molar refractivity (Wildman–Crippen MR) is 58.2 cm³/mol. The van der Waals surface area contributed by atoms with Crippen LogP contribution in [0.2, 0.25) is 0 Å². The van der Waals surface area contributed by atoms with E-state index in [1.54, 1.807) is 0 Å². The Balaban J connectivity index is 2.75. The van der Waals surface area contributed by atoms with E-state index in [0.717, 1.165) is 24.3 Å². The second-order valence-corrected chi connectivity index (χ2v) is 4.93. The second kappa shape index (κ2) is 5.34. The molecule has 0 aliphatic carbocycles. The van der Waals surface area contributed by atoms with Crippen LogP contribution in [-0.2, 0) is 14.8 Å². The van der Waals surface area contributed by atoms with Gasteiger partial charge in [-0.3, -0.25) is 4.72 Å². The molecule has 106 valence electrons. The SMILES string of the molecule is O=C(O)COc1ccc(NS(=O)(=O)C(F)(F)F)cc1. The Hall–Kier alpha value is -1.97. The Morgan fingerprint density at radius 1 is 1.26 bits per heavy atom. The Morgan fingerprint density at radius 3 is 2.21 bits per heavy atom. The molecule has 10 heteroatoms. The number of ether oxygens (including phenoxy) is 1. The van der Waals surface area contributed by atoms with Crippen LogP contribution in [0.3, 0.4) is 0 Å². The van der Waals surface area contributed by atoms with Crippen molar-refractivity contribution in [2.75, 3.05) is 11.3 Å². The van der Waals surface area contributed by atoms with Gasteiger partial charge in [-0.2, -0.15) is 21.6 Å². The summed E-state index contributed by atoms with van der Waals surface area (Å²) in [5.41, 5.74) is -5.73. The number of nitrogens with one attached hydrogen (secondary N) is 1. The van der Waals surface area contributed by atoms with Crippen molar-refractivity contribution in [1.29, 1.82) is 0 Å². The molecule has 19 heavy (non-hydrogen) atoms. The topological polar surface area (TPSA) is 92.7 Å². The minimum Gasteiger partial charge on any atom is -0.482 e. The molecule has 0 unspecified atom stereocenters. The standard InChI is InChI=1S/C9H8F3NO5S/c10-9(11,12)19(16,17)13-6-1-3-7(4-2-6)18-5-8(14)15/h1-4,13H,5H2,(H,14,15). The van der Waals surface area contributed by atoms with Crippen molar-refractivity contribution in [1.82, 2.24) is 0 Å². The third kappa shape index (κ3) is 4.32. The minimum atomic E-state index is -5.47. The fraction of sp³-hybridized carbons (Fsp3) is 0.222. The number of carboxylic acids is 1. The molecule has 0 aromatic heterocycles. The predicted octanol–water partition coefficient (Wildman–Crippen LogP) is 1.41. The lowest BCUT2D eigenvalue weighted by Gasteiger charge is -2.10. The Bertz CT molecular complexity index is 552. The third-order valence-corrected chi connectivity index (χ3v) is 2.89. The summed E-state index contributed by atoms with van der Waals surface area (Å²) >= 11 is 0. The van der Waals surface area contributed by atoms with Gasteiger partial charge in [-0.1, -0.05) is 0 Å². The number of sulfonamides is 1. The number of carboxylic acid groups (broad SMARTS) is 1. The Morgan fingerprint density at radius 2 is 1.79 bits per heavy atom. The van der Waals surface area contributed by atoms with Gasteiger partial charge in [0.15, 0.2) is 6.61 Å². The van der Waals surface area contributed by atoms with Crippen LogP contribution in [0.1, 0.15) is 0 Å². The molecule has 1 aromatic rings. The number of rotatable bonds is 5. The first kappa shape index (κ1) is 15.1. The highest BCUT2D eigenvalue weighted by Gasteiger charge is 2.45. The zero-order valence-electron chi connectivity index (χ0n) is 9.14. The molecule has 0 saturated carbocycles. The largest absolute Gasteiger partial charge is 0.516 e. The monoisotopic (exact) mass is 299 g/mol. The first-order chi connectivity index (χ1) is 8.62. The van der Waals surface area contributed by atoms with E-state index in [-0.39, 0.29) is 11.4 Å². The molecule has 0 amide bonds. The molecule has 0 aliphatic rings. The molecule has 2 N–H and O–H groups in total. The van der Waals surface area contributed by atoms with Crippen molar-refractivity contribution in [2.24, 2.45) is 0 Å². The van der Waals surface area contributed by atoms with Gasteiger partial charge in [0.05, 0.1) is 0 Å². The van der Waals surface area contributed by atoms with Crippen LogP contribution in [0.5, 0.6) is 5.75 Å². The highest BCUT2D eigenvalue weighted by molar-refractivity contribution is 7.93. The molecule has 6 nitrogen and oxygen atoms in total. The zero-order chi connectivity index (χ0) is 14.7. The van der Waals surface area contributed by atoms with E-state index in [2.05, 4.69) is 0 Å². The number of carbonyl (C=O) groups is 1. The van der Waals surface area contributed by atoms with Crippen molar-refractivity contribution in [2.45, 2.75) is 5.51 Å². The second-order valence-electron chi connectivity index (χ2n) is 3.26. The summed E-state index contributed by atoms with van der Waals surface area (Å²) < 4.78 is 63.8. The summed E-state index contributed by atoms with van der Waals surface area (Å²) in [6.07, 6.45) is 0. The van der Waals surface area contributed by atoms with Gasteiger partial charge in [0.1, 0.15) is 5.75 Å². The smallest absolute Gasteiger partial charge is 0.482 e. The third-order valence-electron chi connectivity index (χ3n) is 1.77. The highest BCUT2D eigenvalue weighted by atomic mass is 32.2. The maximum Gasteiger partial charge on any atom is 0.516 e. The number of benzene rings is 1. The lowest BCUT2D eigenvalue weighted by atomic mass is 10.3. The quantitative estimate of drug-likeness (QED) is 0.857. The molecule has 0 radical (unpaired) electrons. The highest BCUT2D eigenvalue weighted by Crippen LogP contribution is 2.26. The average molecular weight is 299 g/mol. The van der Waals surface area contributed by atoms with Crippen molar-refractivity contribution < 1.29 is 36.2 Å². The maximum atomic E-state index is 12.1. The normalized spacial score (nSPS) is 11.9. The van der Waals surface area contributed by atoms with Crippen LogP contribution in [0.25, 0.3) is 0 Å². The zero-order valence-corrected chi connectivity index (χ0v) is 9.96. The molecular formula is C9H8F3NO5S. The first-order valence-electron chi connectivity index (χ1n) is 4.65. The summed E-state index contributed by atoms with van der Waals surface area (Å²) in [6.45, 7) is -0.617. The maximum absolute atomic E-state index is 12.1. The van der Waals surface area contributed by atoms with Gasteiger partial charge in [-0.15, -0.1) is 0 Å². The molecule has 0 atom stereocenters. The number of halogens is 3. The number of hydrogen-bond donors (Lipinski definition) is 2. The fourth-order valence-corrected chi connectivity index (χ4v) is 1.54. The van der Waals surface area contributed by atoms with Crippen LogP contribution in [0.15, 0.2) is 24.3 Å². The van der Waals surface area contributed by atoms with Crippen LogP contribution in [0, 0.1) is 0 Å². The van der Waals surface area contributed by atoms with Crippen LogP contribution < -0.4 is 9.46 Å². The molecule has 0 saturated heterocycles. The number of hydrogen-bond acceptors (Lipinski definition) is 4. The summed E-state index contributed by atoms with van der Waals surface area (Å²) in [4.78, 5) is 10.2. The van der Waals surface area contributed by atoms with Crippen molar-refractivity contribution in [3.8, 4) is 5.75 Å². The van der Waals surface area contributed by atoms with E-state index in [0.29, 0.717) is 0 Å².